The summed E-state index contributed by atoms with van der Waals surface area (Å²) in [6, 6.07) is 29.8. The predicted molar refractivity (Wildman–Crippen MR) is 134 cm³/mol. The summed E-state index contributed by atoms with van der Waals surface area (Å²) in [5.41, 5.74) is 4.90. The molecule has 0 spiro atoms. The van der Waals surface area contributed by atoms with Crippen LogP contribution >= 0.6 is 15.9 Å². The molecule has 156 valence electrons. The number of nitriles is 1. The molecule has 1 amide bonds. The molecule has 0 bridgehead atoms. The van der Waals surface area contributed by atoms with Crippen LogP contribution in [0.5, 0.6) is 0 Å². The van der Waals surface area contributed by atoms with E-state index in [-0.39, 0.29) is 5.57 Å². The number of nitrogens with zero attached hydrogens (tertiary/aromatic N) is 1. The molecule has 0 unspecified atom stereocenters. The monoisotopic (exact) mass is 480 g/mol. The summed E-state index contributed by atoms with van der Waals surface area (Å²) in [6.07, 6.45) is 2.38. The Morgan fingerprint density at radius 3 is 2.41 bits per heavy atom. The van der Waals surface area contributed by atoms with Gasteiger partial charge in [0.2, 0.25) is 0 Å². The molecule has 0 radical (unpaired) electrons. The first-order valence-corrected chi connectivity index (χ1v) is 11.1. The Morgan fingerprint density at radius 2 is 1.66 bits per heavy atom. The zero-order valence-electron chi connectivity index (χ0n) is 17.6. The fraction of sp³-hybridized carbons (Fsp3) is 0.0714. The SMILES string of the molecule is Cc1ccc(NC(=O)/C(C#N)=C/c2c(Cc3ccccc3Br)ccc3ccccc23)cc1. The first kappa shape index (κ1) is 21.5. The van der Waals surface area contributed by atoms with E-state index in [2.05, 4.69) is 45.5 Å². The molecule has 32 heavy (non-hydrogen) atoms. The number of aryl methyl sites for hydroxylation is 1. The van der Waals surface area contributed by atoms with Gasteiger partial charge in [-0.1, -0.05) is 88.2 Å². The maximum atomic E-state index is 12.9. The van der Waals surface area contributed by atoms with Gasteiger partial charge in [-0.25, -0.2) is 0 Å². The van der Waals surface area contributed by atoms with E-state index < -0.39 is 5.91 Å². The van der Waals surface area contributed by atoms with Crippen LogP contribution in [0.25, 0.3) is 16.8 Å². The third-order valence-corrected chi connectivity index (χ3v) is 6.14. The summed E-state index contributed by atoms with van der Waals surface area (Å²) in [7, 11) is 0. The van der Waals surface area contributed by atoms with Crippen molar-refractivity contribution in [3.63, 3.8) is 0 Å². The van der Waals surface area contributed by atoms with Crippen LogP contribution < -0.4 is 5.32 Å². The number of anilines is 1. The van der Waals surface area contributed by atoms with Crippen LogP contribution in [0.2, 0.25) is 0 Å². The Bertz CT molecular complexity index is 1360. The first-order valence-electron chi connectivity index (χ1n) is 10.3. The van der Waals surface area contributed by atoms with Crippen molar-refractivity contribution in [1.82, 2.24) is 0 Å². The Kier molecular flexibility index (Phi) is 6.49. The highest BCUT2D eigenvalue weighted by Crippen LogP contribution is 2.29. The molecule has 4 aromatic rings. The maximum absolute atomic E-state index is 12.9. The average Bonchev–Trinajstić information content (AvgIpc) is 2.81. The van der Waals surface area contributed by atoms with Gasteiger partial charge in [0.1, 0.15) is 11.6 Å². The molecule has 0 saturated heterocycles. The van der Waals surface area contributed by atoms with Crippen LogP contribution in [0.4, 0.5) is 5.69 Å². The Hall–Kier alpha value is -3.68. The minimum Gasteiger partial charge on any atom is -0.321 e. The van der Waals surface area contributed by atoms with Crippen molar-refractivity contribution in [3.05, 3.63) is 117 Å². The zero-order valence-corrected chi connectivity index (χ0v) is 19.2. The molecular formula is C28H21BrN2O. The highest BCUT2D eigenvalue weighted by Gasteiger charge is 2.14. The summed E-state index contributed by atoms with van der Waals surface area (Å²) >= 11 is 3.63. The summed E-state index contributed by atoms with van der Waals surface area (Å²) in [6.45, 7) is 1.99. The number of benzene rings is 4. The summed E-state index contributed by atoms with van der Waals surface area (Å²) in [5.74, 6) is -0.420. The second-order valence-corrected chi connectivity index (χ2v) is 8.47. The number of carbonyl (C=O) groups is 1. The van der Waals surface area contributed by atoms with E-state index in [0.717, 1.165) is 37.5 Å². The van der Waals surface area contributed by atoms with Crippen LogP contribution in [-0.4, -0.2) is 5.91 Å². The van der Waals surface area contributed by atoms with Crippen molar-refractivity contribution in [3.8, 4) is 6.07 Å². The molecule has 0 saturated carbocycles. The second-order valence-electron chi connectivity index (χ2n) is 7.62. The van der Waals surface area contributed by atoms with E-state index in [4.69, 9.17) is 0 Å². The standard InChI is InChI=1S/C28H21BrN2O/c1-19-10-14-24(15-11-19)31-28(32)23(18-30)17-26-21(16-22-7-3-5-9-27(22)29)13-12-20-6-2-4-8-25(20)26/h2-15,17H,16H2,1H3,(H,31,32)/b23-17+. The Balaban J connectivity index is 1.77. The number of amides is 1. The third-order valence-electron chi connectivity index (χ3n) is 5.36. The topological polar surface area (TPSA) is 52.9 Å². The van der Waals surface area contributed by atoms with Crippen LogP contribution in [0.1, 0.15) is 22.3 Å². The molecule has 0 aromatic heterocycles. The second kappa shape index (κ2) is 9.64. The van der Waals surface area contributed by atoms with Gasteiger partial charge in [-0.15, -0.1) is 0 Å². The lowest BCUT2D eigenvalue weighted by molar-refractivity contribution is -0.112. The van der Waals surface area contributed by atoms with Crippen molar-refractivity contribution < 1.29 is 4.79 Å². The van der Waals surface area contributed by atoms with E-state index in [1.165, 1.54) is 0 Å². The number of fused-ring (bicyclic) bond motifs is 1. The van der Waals surface area contributed by atoms with E-state index in [9.17, 15) is 10.1 Å². The fourth-order valence-electron chi connectivity index (χ4n) is 3.64. The van der Waals surface area contributed by atoms with Gasteiger partial charge in [-0.3, -0.25) is 4.79 Å². The van der Waals surface area contributed by atoms with E-state index in [1.54, 1.807) is 6.08 Å². The van der Waals surface area contributed by atoms with Crippen molar-refractivity contribution in [2.45, 2.75) is 13.3 Å². The lowest BCUT2D eigenvalue weighted by atomic mass is 9.93. The molecule has 4 aromatic carbocycles. The smallest absolute Gasteiger partial charge is 0.266 e. The molecule has 0 atom stereocenters. The van der Waals surface area contributed by atoms with Gasteiger partial charge in [-0.05, 0) is 65.1 Å². The summed E-state index contributed by atoms with van der Waals surface area (Å²) < 4.78 is 1.03. The van der Waals surface area contributed by atoms with Crippen LogP contribution in [-0.2, 0) is 11.2 Å². The predicted octanol–water partition coefficient (Wildman–Crippen LogP) is 7.05. The number of carbonyl (C=O) groups excluding carboxylic acids is 1. The van der Waals surface area contributed by atoms with Crippen LogP contribution in [0.15, 0.2) is 95.0 Å². The van der Waals surface area contributed by atoms with Crippen molar-refractivity contribution >= 4 is 44.4 Å². The quantitative estimate of drug-likeness (QED) is 0.245. The van der Waals surface area contributed by atoms with E-state index >= 15 is 0 Å². The lowest BCUT2D eigenvalue weighted by Crippen LogP contribution is -2.13. The molecule has 4 heteroatoms. The van der Waals surface area contributed by atoms with Crippen molar-refractivity contribution in [2.75, 3.05) is 5.32 Å². The van der Waals surface area contributed by atoms with Crippen LogP contribution in [0, 0.1) is 18.3 Å². The van der Waals surface area contributed by atoms with Gasteiger partial charge in [0, 0.05) is 10.2 Å². The molecule has 0 fully saturated rings. The maximum Gasteiger partial charge on any atom is 0.266 e. The lowest BCUT2D eigenvalue weighted by Gasteiger charge is -2.12. The van der Waals surface area contributed by atoms with Gasteiger partial charge in [0.25, 0.3) is 5.91 Å². The molecular weight excluding hydrogens is 460 g/mol. The number of rotatable bonds is 5. The largest absolute Gasteiger partial charge is 0.321 e. The van der Waals surface area contributed by atoms with E-state index in [0.29, 0.717) is 12.1 Å². The molecule has 0 heterocycles. The molecule has 1 N–H and O–H groups in total. The molecule has 0 aliphatic heterocycles. The molecule has 0 aliphatic carbocycles. The van der Waals surface area contributed by atoms with Gasteiger partial charge in [0.05, 0.1) is 0 Å². The Labute approximate surface area is 196 Å². The molecule has 3 nitrogen and oxygen atoms in total. The number of nitrogens with one attached hydrogen (secondary N) is 1. The summed E-state index contributed by atoms with van der Waals surface area (Å²) in [5, 5.41) is 14.7. The van der Waals surface area contributed by atoms with Gasteiger partial charge >= 0.3 is 0 Å². The number of hydrogen-bond donors (Lipinski definition) is 1. The van der Waals surface area contributed by atoms with E-state index in [1.807, 2.05) is 73.7 Å². The fourth-order valence-corrected chi connectivity index (χ4v) is 4.07. The summed E-state index contributed by atoms with van der Waals surface area (Å²) in [4.78, 5) is 12.9. The minimum absolute atomic E-state index is 0.0651. The third kappa shape index (κ3) is 4.80. The Morgan fingerprint density at radius 1 is 0.938 bits per heavy atom. The number of halogens is 1. The average molecular weight is 481 g/mol. The normalized spacial score (nSPS) is 11.2. The van der Waals surface area contributed by atoms with Gasteiger partial charge in [-0.2, -0.15) is 5.26 Å². The minimum atomic E-state index is -0.420. The first-order chi connectivity index (χ1) is 15.5. The number of hydrogen-bond acceptors (Lipinski definition) is 2. The van der Waals surface area contributed by atoms with Gasteiger partial charge < -0.3 is 5.32 Å². The molecule has 4 rings (SSSR count). The van der Waals surface area contributed by atoms with Crippen LogP contribution in [0.3, 0.4) is 0 Å². The highest BCUT2D eigenvalue weighted by atomic mass is 79.9. The zero-order chi connectivity index (χ0) is 22.5. The van der Waals surface area contributed by atoms with Crippen molar-refractivity contribution in [2.24, 2.45) is 0 Å². The van der Waals surface area contributed by atoms with Gasteiger partial charge in [0.15, 0.2) is 0 Å². The molecule has 0 aliphatic rings. The van der Waals surface area contributed by atoms with Crippen molar-refractivity contribution in [1.29, 1.82) is 5.26 Å². The highest BCUT2D eigenvalue weighted by molar-refractivity contribution is 9.10.